The van der Waals surface area contributed by atoms with Gasteiger partial charge in [-0.1, -0.05) is 31.4 Å². The van der Waals surface area contributed by atoms with Gasteiger partial charge in [-0.15, -0.1) is 0 Å². The van der Waals surface area contributed by atoms with Crippen molar-refractivity contribution in [3.63, 3.8) is 0 Å². The molecule has 0 radical (unpaired) electrons. The van der Waals surface area contributed by atoms with E-state index in [9.17, 15) is 5.26 Å². The third-order valence-electron chi connectivity index (χ3n) is 3.12. The van der Waals surface area contributed by atoms with Crippen molar-refractivity contribution in [3.05, 3.63) is 37.0 Å². The smallest absolute Gasteiger partial charge is 0.0846 e. The second-order valence-electron chi connectivity index (χ2n) is 4.06. The molecule has 0 saturated carbocycles. The summed E-state index contributed by atoms with van der Waals surface area (Å²) in [7, 11) is 2.09. The van der Waals surface area contributed by atoms with E-state index in [0.29, 0.717) is 0 Å². The zero-order valence-electron chi connectivity index (χ0n) is 9.37. The number of likely N-dealkylation sites (tertiary alicyclic amines) is 1. The maximum atomic E-state index is 9.36. The van der Waals surface area contributed by atoms with Gasteiger partial charge in [0, 0.05) is 0 Å². The number of allylic oxidation sites excluding steroid dienone is 4. The second kappa shape index (κ2) is 4.95. The number of hydrogen-bond acceptors (Lipinski definition) is 2. The zero-order valence-corrected chi connectivity index (χ0v) is 9.37. The largest absolute Gasteiger partial charge is 0.306 e. The summed E-state index contributed by atoms with van der Waals surface area (Å²) in [4.78, 5) is 2.25. The van der Waals surface area contributed by atoms with E-state index < -0.39 is 0 Å². The highest BCUT2D eigenvalue weighted by Crippen LogP contribution is 2.38. The van der Waals surface area contributed by atoms with Crippen LogP contribution in [0.1, 0.15) is 12.8 Å². The first-order valence-electron chi connectivity index (χ1n) is 5.24. The predicted molar refractivity (Wildman–Crippen MR) is 63.3 cm³/mol. The molecule has 1 fully saturated rings. The van der Waals surface area contributed by atoms with Gasteiger partial charge < -0.3 is 4.90 Å². The Labute approximate surface area is 92.2 Å². The van der Waals surface area contributed by atoms with Gasteiger partial charge in [-0.25, -0.2) is 0 Å². The van der Waals surface area contributed by atoms with Crippen LogP contribution in [0.15, 0.2) is 37.0 Å². The molecule has 0 aromatic rings. The highest BCUT2D eigenvalue weighted by Gasteiger charge is 2.35. The molecule has 0 spiro atoms. The molecule has 0 aliphatic carbocycles. The molecule has 15 heavy (non-hydrogen) atoms. The number of piperidine rings is 1. The van der Waals surface area contributed by atoms with Gasteiger partial charge in [-0.3, -0.25) is 0 Å². The Balaban J connectivity index is 2.95. The zero-order chi connectivity index (χ0) is 11.3. The van der Waals surface area contributed by atoms with Crippen molar-refractivity contribution in [1.29, 1.82) is 5.26 Å². The molecule has 1 rings (SSSR count). The third kappa shape index (κ3) is 2.37. The van der Waals surface area contributed by atoms with Crippen LogP contribution < -0.4 is 0 Å². The first kappa shape index (κ1) is 11.7. The lowest BCUT2D eigenvalue weighted by molar-refractivity contribution is 0.200. The fourth-order valence-electron chi connectivity index (χ4n) is 2.02. The minimum absolute atomic E-state index is 0.345. The molecule has 1 aliphatic heterocycles. The van der Waals surface area contributed by atoms with Gasteiger partial charge in [-0.05, 0) is 38.6 Å². The van der Waals surface area contributed by atoms with E-state index in [2.05, 4.69) is 31.2 Å². The number of nitrogens with zero attached hydrogens (tertiary/aromatic N) is 2. The molecule has 0 amide bonds. The Morgan fingerprint density at radius 3 is 2.40 bits per heavy atom. The molecule has 80 valence electrons. The highest BCUT2D eigenvalue weighted by molar-refractivity contribution is 5.35. The van der Waals surface area contributed by atoms with Crippen molar-refractivity contribution in [2.75, 3.05) is 20.1 Å². The van der Waals surface area contributed by atoms with Crippen LogP contribution in [0.5, 0.6) is 0 Å². The molecule has 2 heteroatoms. The number of hydrogen-bond donors (Lipinski definition) is 0. The third-order valence-corrected chi connectivity index (χ3v) is 3.12. The van der Waals surface area contributed by atoms with Crippen molar-refractivity contribution in [2.45, 2.75) is 12.8 Å². The minimum atomic E-state index is -0.345. The first-order chi connectivity index (χ1) is 7.18. The number of nitriles is 1. The summed E-state index contributed by atoms with van der Waals surface area (Å²) in [5, 5.41) is 9.36. The van der Waals surface area contributed by atoms with Gasteiger partial charge >= 0.3 is 0 Å². The summed E-state index contributed by atoms with van der Waals surface area (Å²) in [6, 6.07) is 2.46. The van der Waals surface area contributed by atoms with E-state index in [1.54, 1.807) is 12.2 Å². The SMILES string of the molecule is C=C/C=C(\C=C)C1(C#N)CCN(C)CC1. The Kier molecular flexibility index (Phi) is 3.88. The van der Waals surface area contributed by atoms with Crippen LogP contribution in [0.3, 0.4) is 0 Å². The van der Waals surface area contributed by atoms with Gasteiger partial charge in [0.25, 0.3) is 0 Å². The normalized spacial score (nSPS) is 21.7. The van der Waals surface area contributed by atoms with Crippen LogP contribution in [-0.4, -0.2) is 25.0 Å². The fourth-order valence-corrected chi connectivity index (χ4v) is 2.02. The molecular formula is C13H18N2. The van der Waals surface area contributed by atoms with Crippen LogP contribution in [0.2, 0.25) is 0 Å². The molecule has 0 aromatic carbocycles. The van der Waals surface area contributed by atoms with E-state index in [4.69, 9.17) is 0 Å². The molecule has 1 aliphatic rings. The molecule has 0 atom stereocenters. The van der Waals surface area contributed by atoms with Crippen molar-refractivity contribution < 1.29 is 0 Å². The lowest BCUT2D eigenvalue weighted by atomic mass is 9.73. The van der Waals surface area contributed by atoms with E-state index >= 15 is 0 Å². The van der Waals surface area contributed by atoms with Crippen molar-refractivity contribution in [2.24, 2.45) is 5.41 Å². The van der Waals surface area contributed by atoms with Crippen molar-refractivity contribution in [3.8, 4) is 6.07 Å². The monoisotopic (exact) mass is 202 g/mol. The predicted octanol–water partition coefficient (Wildman–Crippen LogP) is 2.52. The van der Waals surface area contributed by atoms with E-state index in [-0.39, 0.29) is 5.41 Å². The summed E-state index contributed by atoms with van der Waals surface area (Å²) in [5.74, 6) is 0. The summed E-state index contributed by atoms with van der Waals surface area (Å²) in [6.45, 7) is 9.40. The Morgan fingerprint density at radius 2 is 2.00 bits per heavy atom. The Bertz CT molecular complexity index is 312. The Hall–Kier alpha value is -1.33. The standard InChI is InChI=1S/C13H18N2/c1-4-6-12(5-2)13(11-14)7-9-15(3)10-8-13/h4-6H,1-2,7-10H2,3H3/b12-6+. The van der Waals surface area contributed by atoms with Crippen molar-refractivity contribution >= 4 is 0 Å². The van der Waals surface area contributed by atoms with Gasteiger partial charge in [0.2, 0.25) is 0 Å². The maximum Gasteiger partial charge on any atom is 0.0846 e. The molecule has 0 aromatic heterocycles. The van der Waals surface area contributed by atoms with Crippen LogP contribution in [0.25, 0.3) is 0 Å². The summed E-state index contributed by atoms with van der Waals surface area (Å²) >= 11 is 0. The maximum absolute atomic E-state index is 9.36. The minimum Gasteiger partial charge on any atom is -0.306 e. The van der Waals surface area contributed by atoms with Crippen molar-refractivity contribution in [1.82, 2.24) is 4.90 Å². The summed E-state index contributed by atoms with van der Waals surface area (Å²) in [5.41, 5.74) is 0.663. The molecule has 0 unspecified atom stereocenters. The molecule has 1 saturated heterocycles. The average Bonchev–Trinajstić information content (AvgIpc) is 2.28. The first-order valence-corrected chi connectivity index (χ1v) is 5.24. The topological polar surface area (TPSA) is 27.0 Å². The number of rotatable bonds is 3. The fraction of sp³-hybridized carbons (Fsp3) is 0.462. The van der Waals surface area contributed by atoms with Gasteiger partial charge in [-0.2, -0.15) is 5.26 Å². The van der Waals surface area contributed by atoms with E-state index in [1.165, 1.54) is 0 Å². The lowest BCUT2D eigenvalue weighted by Crippen LogP contribution is -2.38. The molecule has 0 bridgehead atoms. The van der Waals surface area contributed by atoms with Gasteiger partial charge in [0.15, 0.2) is 0 Å². The van der Waals surface area contributed by atoms with E-state index in [0.717, 1.165) is 31.5 Å². The summed E-state index contributed by atoms with van der Waals surface area (Å²) < 4.78 is 0. The average molecular weight is 202 g/mol. The van der Waals surface area contributed by atoms with Gasteiger partial charge in [0.05, 0.1) is 11.5 Å². The molecule has 0 N–H and O–H groups in total. The quantitative estimate of drug-likeness (QED) is 0.657. The van der Waals surface area contributed by atoms with E-state index in [1.807, 2.05) is 6.08 Å². The van der Waals surface area contributed by atoms with Crippen LogP contribution >= 0.6 is 0 Å². The van der Waals surface area contributed by atoms with Crippen LogP contribution in [0, 0.1) is 16.7 Å². The van der Waals surface area contributed by atoms with Crippen LogP contribution in [0.4, 0.5) is 0 Å². The summed E-state index contributed by atoms with van der Waals surface area (Å²) in [6.07, 6.45) is 7.18. The molecular weight excluding hydrogens is 184 g/mol. The molecule has 2 nitrogen and oxygen atoms in total. The second-order valence-corrected chi connectivity index (χ2v) is 4.06. The Morgan fingerprint density at radius 1 is 1.40 bits per heavy atom. The van der Waals surface area contributed by atoms with Crippen LogP contribution in [-0.2, 0) is 0 Å². The van der Waals surface area contributed by atoms with Gasteiger partial charge in [0.1, 0.15) is 0 Å². The highest BCUT2D eigenvalue weighted by atomic mass is 15.1. The lowest BCUT2D eigenvalue weighted by Gasteiger charge is -2.36. The molecule has 1 heterocycles.